The van der Waals surface area contributed by atoms with Gasteiger partial charge in [0.15, 0.2) is 0 Å². The molecule has 4 rings (SSSR count). The Hall–Kier alpha value is -3.17. The molecule has 0 aliphatic carbocycles. The molecule has 1 saturated heterocycles. The SMILES string of the molecule is CCOc1cc(CN2CCC(n3c(=O)[nH]c4cc(OC(=O)O)ccc43)CC2)cc(OCC)c1Cl. The number of H-pyrrole nitrogens is 1. The maximum absolute atomic E-state index is 12.7. The van der Waals surface area contributed by atoms with E-state index >= 15 is 0 Å². The monoisotopic (exact) mass is 489 g/mol. The average Bonchev–Trinajstić information content (AvgIpc) is 3.12. The van der Waals surface area contributed by atoms with Gasteiger partial charge in [-0.3, -0.25) is 9.47 Å². The van der Waals surface area contributed by atoms with Crippen LogP contribution in [0.3, 0.4) is 0 Å². The van der Waals surface area contributed by atoms with Crippen molar-refractivity contribution in [1.29, 1.82) is 0 Å². The van der Waals surface area contributed by atoms with Crippen LogP contribution in [0.25, 0.3) is 11.0 Å². The lowest BCUT2D eigenvalue weighted by Gasteiger charge is -2.32. The van der Waals surface area contributed by atoms with Crippen LogP contribution in [0.2, 0.25) is 5.02 Å². The molecule has 2 aromatic carbocycles. The van der Waals surface area contributed by atoms with Crippen LogP contribution in [0.5, 0.6) is 17.2 Å². The zero-order valence-corrected chi connectivity index (χ0v) is 19.9. The van der Waals surface area contributed by atoms with Crippen LogP contribution in [0.15, 0.2) is 35.1 Å². The first-order chi connectivity index (χ1) is 16.4. The summed E-state index contributed by atoms with van der Waals surface area (Å²) in [6.07, 6.45) is 0.227. The van der Waals surface area contributed by atoms with Gasteiger partial charge in [-0.25, -0.2) is 9.59 Å². The van der Waals surface area contributed by atoms with Gasteiger partial charge in [-0.15, -0.1) is 0 Å². The summed E-state index contributed by atoms with van der Waals surface area (Å²) in [5.41, 5.74) is 2.15. The van der Waals surface area contributed by atoms with Gasteiger partial charge in [0.2, 0.25) is 0 Å². The number of rotatable bonds is 8. The van der Waals surface area contributed by atoms with Gasteiger partial charge < -0.3 is 24.3 Å². The molecule has 9 nitrogen and oxygen atoms in total. The molecule has 1 aromatic heterocycles. The van der Waals surface area contributed by atoms with E-state index in [1.54, 1.807) is 16.7 Å². The van der Waals surface area contributed by atoms with Gasteiger partial charge in [0.05, 0.1) is 24.2 Å². The first-order valence-corrected chi connectivity index (χ1v) is 11.7. The molecular weight excluding hydrogens is 462 g/mol. The van der Waals surface area contributed by atoms with E-state index in [0.717, 1.165) is 43.6 Å². The Morgan fingerprint density at radius 3 is 2.35 bits per heavy atom. The number of ether oxygens (including phenoxy) is 3. The molecule has 0 bridgehead atoms. The maximum Gasteiger partial charge on any atom is 0.511 e. The van der Waals surface area contributed by atoms with Gasteiger partial charge in [-0.1, -0.05) is 11.6 Å². The van der Waals surface area contributed by atoms with Gasteiger partial charge in [-0.05, 0) is 56.5 Å². The van der Waals surface area contributed by atoms with Crippen molar-refractivity contribution in [2.24, 2.45) is 0 Å². The number of likely N-dealkylation sites (tertiary alicyclic amines) is 1. The number of nitrogens with one attached hydrogen (secondary N) is 1. The normalized spacial score (nSPS) is 14.9. The first-order valence-electron chi connectivity index (χ1n) is 11.3. The molecule has 2 N–H and O–H groups in total. The Labute approximate surface area is 201 Å². The van der Waals surface area contributed by atoms with Crippen molar-refractivity contribution >= 4 is 28.8 Å². The maximum atomic E-state index is 12.7. The number of hydrogen-bond acceptors (Lipinski definition) is 6. The lowest BCUT2D eigenvalue weighted by Crippen LogP contribution is -2.36. The fraction of sp³-hybridized carbons (Fsp3) is 0.417. The number of benzene rings is 2. The molecule has 0 amide bonds. The van der Waals surface area contributed by atoms with Crippen LogP contribution in [-0.2, 0) is 6.54 Å². The van der Waals surface area contributed by atoms with Gasteiger partial charge >= 0.3 is 11.8 Å². The number of piperidine rings is 1. The van der Waals surface area contributed by atoms with Crippen molar-refractivity contribution in [3.8, 4) is 17.2 Å². The highest BCUT2D eigenvalue weighted by Gasteiger charge is 2.24. The fourth-order valence-corrected chi connectivity index (χ4v) is 4.69. The minimum Gasteiger partial charge on any atom is -0.492 e. The second-order valence-corrected chi connectivity index (χ2v) is 8.50. The van der Waals surface area contributed by atoms with Crippen LogP contribution >= 0.6 is 11.6 Å². The summed E-state index contributed by atoms with van der Waals surface area (Å²) in [6.45, 7) is 7.23. The minimum atomic E-state index is -1.39. The number of nitrogens with zero attached hydrogens (tertiary/aromatic N) is 2. The number of fused-ring (bicyclic) bond motifs is 1. The minimum absolute atomic E-state index is 0.0481. The Kier molecular flexibility index (Phi) is 7.33. The summed E-state index contributed by atoms with van der Waals surface area (Å²) >= 11 is 6.42. The summed E-state index contributed by atoms with van der Waals surface area (Å²) in [7, 11) is 0. The largest absolute Gasteiger partial charge is 0.511 e. The summed E-state index contributed by atoms with van der Waals surface area (Å²) in [4.78, 5) is 28.6. The molecule has 34 heavy (non-hydrogen) atoms. The third-order valence-electron chi connectivity index (χ3n) is 5.89. The second-order valence-electron chi connectivity index (χ2n) is 8.13. The van der Waals surface area contributed by atoms with Crippen LogP contribution in [0, 0.1) is 0 Å². The molecule has 0 radical (unpaired) electrons. The van der Waals surface area contributed by atoms with E-state index in [0.29, 0.717) is 35.3 Å². The van der Waals surface area contributed by atoms with E-state index in [-0.39, 0.29) is 17.5 Å². The molecule has 0 saturated carbocycles. The van der Waals surface area contributed by atoms with E-state index in [4.69, 9.17) is 30.9 Å². The molecule has 2 heterocycles. The molecule has 182 valence electrons. The zero-order valence-electron chi connectivity index (χ0n) is 19.2. The summed E-state index contributed by atoms with van der Waals surface area (Å²) < 4.78 is 17.8. The Bertz CT molecular complexity index is 1200. The zero-order chi connectivity index (χ0) is 24.2. The van der Waals surface area contributed by atoms with Crippen molar-refractivity contribution in [3.05, 3.63) is 51.4 Å². The van der Waals surface area contributed by atoms with Gasteiger partial charge in [-0.2, -0.15) is 0 Å². The highest BCUT2D eigenvalue weighted by molar-refractivity contribution is 6.33. The van der Waals surface area contributed by atoms with Gasteiger partial charge in [0.25, 0.3) is 0 Å². The van der Waals surface area contributed by atoms with Crippen molar-refractivity contribution < 1.29 is 24.1 Å². The van der Waals surface area contributed by atoms with Crippen molar-refractivity contribution in [3.63, 3.8) is 0 Å². The van der Waals surface area contributed by atoms with E-state index in [2.05, 4.69) is 9.88 Å². The highest BCUT2D eigenvalue weighted by atomic mass is 35.5. The standard InChI is InChI=1S/C24H28ClN3O6/c1-3-32-20-11-15(12-21(22(20)25)33-4-2)14-27-9-7-16(8-10-27)28-19-6-5-17(34-24(30)31)13-18(19)26-23(28)29/h5-6,11-13,16H,3-4,7-10,14H2,1-2H3,(H,26,29)(H,30,31). The molecular formula is C24H28ClN3O6. The molecule has 0 atom stereocenters. The predicted octanol–water partition coefficient (Wildman–Crippen LogP) is 4.67. The molecule has 3 aromatic rings. The van der Waals surface area contributed by atoms with Crippen LogP contribution < -0.4 is 19.9 Å². The van der Waals surface area contributed by atoms with Gasteiger partial charge in [0, 0.05) is 31.7 Å². The number of hydrogen-bond donors (Lipinski definition) is 2. The number of aromatic amines is 1. The number of carbonyl (C=O) groups is 1. The van der Waals surface area contributed by atoms with Crippen LogP contribution in [0.1, 0.15) is 38.3 Å². The second kappa shape index (κ2) is 10.4. The topological polar surface area (TPSA) is 106 Å². The van der Waals surface area contributed by atoms with Crippen molar-refractivity contribution in [2.45, 2.75) is 39.3 Å². The van der Waals surface area contributed by atoms with Crippen molar-refractivity contribution in [1.82, 2.24) is 14.5 Å². The van der Waals surface area contributed by atoms with E-state index in [1.165, 1.54) is 6.07 Å². The molecule has 1 fully saturated rings. The number of halogens is 1. The first kappa shape index (κ1) is 24.0. The van der Waals surface area contributed by atoms with E-state index in [9.17, 15) is 9.59 Å². The number of imidazole rings is 1. The van der Waals surface area contributed by atoms with Crippen molar-refractivity contribution in [2.75, 3.05) is 26.3 Å². The molecule has 0 unspecified atom stereocenters. The van der Waals surface area contributed by atoms with E-state index < -0.39 is 6.16 Å². The Morgan fingerprint density at radius 1 is 1.12 bits per heavy atom. The summed E-state index contributed by atoms with van der Waals surface area (Å²) in [6, 6.07) is 8.77. The molecule has 0 spiro atoms. The molecule has 1 aliphatic rings. The fourth-order valence-electron chi connectivity index (χ4n) is 4.47. The number of aromatic nitrogens is 2. The highest BCUT2D eigenvalue weighted by Crippen LogP contribution is 2.36. The quantitative estimate of drug-likeness (QED) is 0.349. The van der Waals surface area contributed by atoms with Crippen LogP contribution in [0.4, 0.5) is 4.79 Å². The lowest BCUT2D eigenvalue weighted by atomic mass is 10.0. The third-order valence-corrected chi connectivity index (χ3v) is 6.26. The summed E-state index contributed by atoms with van der Waals surface area (Å²) in [5.74, 6) is 1.41. The number of carboxylic acid groups (broad SMARTS) is 1. The smallest absolute Gasteiger partial charge is 0.492 e. The average molecular weight is 490 g/mol. The Balaban J connectivity index is 1.47. The summed E-state index contributed by atoms with van der Waals surface area (Å²) in [5, 5.41) is 9.29. The third kappa shape index (κ3) is 5.15. The predicted molar refractivity (Wildman–Crippen MR) is 129 cm³/mol. The van der Waals surface area contributed by atoms with Crippen LogP contribution in [-0.4, -0.2) is 52.0 Å². The van der Waals surface area contributed by atoms with Gasteiger partial charge in [0.1, 0.15) is 22.3 Å². The van der Waals surface area contributed by atoms with E-state index in [1.807, 2.05) is 26.0 Å². The molecule has 1 aliphatic heterocycles. The lowest BCUT2D eigenvalue weighted by molar-refractivity contribution is 0.144. The molecule has 10 heteroatoms. The Morgan fingerprint density at radius 2 is 1.76 bits per heavy atom.